The first-order chi connectivity index (χ1) is 9.63. The van der Waals surface area contributed by atoms with Gasteiger partial charge in [-0.15, -0.1) is 0 Å². The summed E-state index contributed by atoms with van der Waals surface area (Å²) in [7, 11) is 0. The number of benzene rings is 1. The molecule has 1 aromatic carbocycles. The quantitative estimate of drug-likeness (QED) is 0.350. The molecule has 0 N–H and O–H groups in total. The summed E-state index contributed by atoms with van der Waals surface area (Å²) in [6.07, 6.45) is 3.69. The summed E-state index contributed by atoms with van der Waals surface area (Å²) in [5.74, 6) is 0. The number of nitro groups is 1. The molecule has 106 valence electrons. The third-order valence-corrected chi connectivity index (χ3v) is 3.05. The second kappa shape index (κ2) is 6.14. The lowest BCUT2D eigenvalue weighted by Gasteiger charge is -1.99. The van der Waals surface area contributed by atoms with Crippen molar-refractivity contribution in [3.63, 3.8) is 0 Å². The molecule has 2 rings (SSSR count). The Bertz CT molecular complexity index is 592. The van der Waals surface area contributed by atoms with Crippen LogP contribution in [-0.2, 0) is 6.42 Å². The van der Waals surface area contributed by atoms with Gasteiger partial charge in [-0.05, 0) is 23.5 Å². The highest BCUT2D eigenvalue weighted by Crippen LogP contribution is 2.23. The van der Waals surface area contributed by atoms with E-state index in [0.717, 1.165) is 19.3 Å². The van der Waals surface area contributed by atoms with Crippen LogP contribution >= 0.6 is 0 Å². The van der Waals surface area contributed by atoms with Crippen molar-refractivity contribution in [2.45, 2.75) is 32.6 Å². The molecule has 1 heterocycles. The average molecular weight is 277 g/mol. The monoisotopic (exact) mass is 277 g/mol. The van der Waals surface area contributed by atoms with E-state index >= 15 is 0 Å². The summed E-state index contributed by atoms with van der Waals surface area (Å²) in [6, 6.07) is 5.78. The smallest absolute Gasteiger partial charge is 0.269 e. The summed E-state index contributed by atoms with van der Waals surface area (Å²) in [5.41, 5.74) is 1.46. The Balaban J connectivity index is 2.27. The zero-order valence-electron chi connectivity index (χ0n) is 11.1. The number of unbranched alkanes of at least 4 members (excludes halogenated alkanes) is 2. The maximum atomic E-state index is 11.6. The summed E-state index contributed by atoms with van der Waals surface area (Å²) >= 11 is 0. The van der Waals surface area contributed by atoms with Crippen molar-refractivity contribution in [2.24, 2.45) is 0 Å². The van der Waals surface area contributed by atoms with Crippen LogP contribution in [0, 0.1) is 15.3 Å². The number of nitrogens with zero attached hydrogens (tertiary/aromatic N) is 3. The number of aromatic nitrogens is 2. The second-order valence-electron chi connectivity index (χ2n) is 4.49. The van der Waals surface area contributed by atoms with E-state index in [-0.39, 0.29) is 5.69 Å². The van der Waals surface area contributed by atoms with Crippen LogP contribution < -0.4 is 4.90 Å². The number of hydrogen-bond acceptors (Lipinski definition) is 5. The molecule has 20 heavy (non-hydrogen) atoms. The van der Waals surface area contributed by atoms with Gasteiger partial charge >= 0.3 is 0 Å². The van der Waals surface area contributed by atoms with Crippen LogP contribution in [0.5, 0.6) is 0 Å². The Morgan fingerprint density at radius 1 is 1.30 bits per heavy atom. The van der Waals surface area contributed by atoms with E-state index in [1.54, 1.807) is 0 Å². The molecule has 0 saturated carbocycles. The highest BCUT2D eigenvalue weighted by atomic mass is 16.8. The molecule has 0 unspecified atom stereocenters. The second-order valence-corrected chi connectivity index (χ2v) is 4.49. The van der Waals surface area contributed by atoms with E-state index < -0.39 is 4.92 Å². The molecular weight excluding hydrogens is 262 g/mol. The minimum absolute atomic E-state index is 0.0183. The Morgan fingerprint density at radius 3 is 2.60 bits per heavy atom. The van der Waals surface area contributed by atoms with Crippen LogP contribution in [0.2, 0.25) is 0 Å². The fraction of sp³-hybridized carbons (Fsp3) is 0.385. The number of non-ortho nitro benzene ring substituents is 1. The Labute approximate surface area is 115 Å². The minimum atomic E-state index is -0.481. The van der Waals surface area contributed by atoms with E-state index in [0.29, 0.717) is 28.3 Å². The van der Waals surface area contributed by atoms with Crippen molar-refractivity contribution in [3.8, 4) is 11.3 Å². The van der Waals surface area contributed by atoms with E-state index in [2.05, 4.69) is 16.7 Å². The fourth-order valence-electron chi connectivity index (χ4n) is 2.00. The lowest BCUT2D eigenvalue weighted by molar-refractivity contribution is -0.793. The van der Waals surface area contributed by atoms with Gasteiger partial charge in [0.1, 0.15) is 0 Å². The van der Waals surface area contributed by atoms with Gasteiger partial charge < -0.3 is 5.21 Å². The van der Waals surface area contributed by atoms with Crippen LogP contribution in [0.3, 0.4) is 0 Å². The van der Waals surface area contributed by atoms with Gasteiger partial charge in [-0.1, -0.05) is 19.8 Å². The largest absolute Gasteiger partial charge is 0.359 e. The number of aryl methyl sites for hydroxylation is 1. The Kier molecular flexibility index (Phi) is 4.29. The SMILES string of the molecule is CCCCCc1no[n+]([O-])c1-c1ccc([N+](=O)[O-])cc1. The molecule has 0 atom stereocenters. The zero-order chi connectivity index (χ0) is 14.5. The summed E-state index contributed by atoms with van der Waals surface area (Å²) in [4.78, 5) is 10.5. The third kappa shape index (κ3) is 2.93. The Hall–Kier alpha value is -2.44. The first-order valence-electron chi connectivity index (χ1n) is 6.47. The molecule has 0 amide bonds. The molecule has 0 spiro atoms. The summed E-state index contributed by atoms with van der Waals surface area (Å²) in [6.45, 7) is 2.09. The van der Waals surface area contributed by atoms with E-state index in [4.69, 9.17) is 0 Å². The number of rotatable bonds is 6. The van der Waals surface area contributed by atoms with Gasteiger partial charge in [0, 0.05) is 29.3 Å². The molecular formula is C13H15N3O4. The molecule has 0 aliphatic heterocycles. The standard InChI is InChI=1S/C13H15N3O4/c1-2-3-4-5-12-13(16(19)20-14-12)10-6-8-11(9-7-10)15(17)18/h6-9H,2-5H2,1H3. The molecule has 0 aliphatic carbocycles. The number of hydrogen-bond donors (Lipinski definition) is 0. The molecule has 7 heteroatoms. The van der Waals surface area contributed by atoms with Crippen LogP contribution in [-0.4, -0.2) is 10.1 Å². The van der Waals surface area contributed by atoms with Crippen LogP contribution in [0.25, 0.3) is 11.3 Å². The van der Waals surface area contributed by atoms with Crippen molar-refractivity contribution in [2.75, 3.05) is 0 Å². The van der Waals surface area contributed by atoms with Gasteiger partial charge in [-0.3, -0.25) is 14.7 Å². The van der Waals surface area contributed by atoms with Gasteiger partial charge in [0.15, 0.2) is 0 Å². The van der Waals surface area contributed by atoms with E-state index in [9.17, 15) is 15.3 Å². The maximum Gasteiger partial charge on any atom is 0.269 e. The molecule has 2 aromatic rings. The van der Waals surface area contributed by atoms with Crippen LogP contribution in [0.15, 0.2) is 28.9 Å². The lowest BCUT2D eigenvalue weighted by Crippen LogP contribution is -2.25. The first-order valence-corrected chi connectivity index (χ1v) is 6.47. The number of nitro benzene ring substituents is 1. The molecule has 0 aliphatic rings. The van der Waals surface area contributed by atoms with Gasteiger partial charge in [0.05, 0.1) is 4.92 Å². The Morgan fingerprint density at radius 2 is 2.00 bits per heavy atom. The van der Waals surface area contributed by atoms with Crippen molar-refractivity contribution in [1.82, 2.24) is 5.16 Å². The van der Waals surface area contributed by atoms with Gasteiger partial charge in [0.2, 0.25) is 11.4 Å². The normalized spacial score (nSPS) is 10.7. The van der Waals surface area contributed by atoms with E-state index in [1.165, 1.54) is 24.3 Å². The predicted molar refractivity (Wildman–Crippen MR) is 70.8 cm³/mol. The minimum Gasteiger partial charge on any atom is -0.359 e. The zero-order valence-corrected chi connectivity index (χ0v) is 11.1. The molecule has 0 fully saturated rings. The van der Waals surface area contributed by atoms with E-state index in [1.807, 2.05) is 0 Å². The molecule has 0 radical (unpaired) electrons. The van der Waals surface area contributed by atoms with Crippen LogP contribution in [0.4, 0.5) is 5.69 Å². The maximum absolute atomic E-state index is 11.6. The molecule has 0 saturated heterocycles. The van der Waals surface area contributed by atoms with Crippen molar-refractivity contribution in [1.29, 1.82) is 0 Å². The van der Waals surface area contributed by atoms with Gasteiger partial charge in [-0.2, -0.15) is 0 Å². The molecule has 1 aromatic heterocycles. The highest BCUT2D eigenvalue weighted by molar-refractivity contribution is 5.60. The highest BCUT2D eigenvalue weighted by Gasteiger charge is 2.21. The van der Waals surface area contributed by atoms with Crippen molar-refractivity contribution >= 4 is 5.69 Å². The lowest BCUT2D eigenvalue weighted by atomic mass is 10.1. The molecule has 0 bridgehead atoms. The first kappa shape index (κ1) is 14.0. The van der Waals surface area contributed by atoms with Crippen LogP contribution in [0.1, 0.15) is 31.9 Å². The summed E-state index contributed by atoms with van der Waals surface area (Å²) < 4.78 is 4.64. The van der Waals surface area contributed by atoms with Gasteiger partial charge in [-0.25, -0.2) is 0 Å². The molecule has 7 nitrogen and oxygen atoms in total. The average Bonchev–Trinajstić information content (AvgIpc) is 2.80. The van der Waals surface area contributed by atoms with Crippen molar-refractivity contribution in [3.05, 3.63) is 45.3 Å². The third-order valence-electron chi connectivity index (χ3n) is 3.05. The predicted octanol–water partition coefficient (Wildman–Crippen LogP) is 2.62. The van der Waals surface area contributed by atoms with Gasteiger partial charge in [0.25, 0.3) is 5.69 Å². The summed E-state index contributed by atoms with van der Waals surface area (Å²) in [5, 5.41) is 26.0. The van der Waals surface area contributed by atoms with Crippen molar-refractivity contribution < 1.29 is 14.5 Å². The topological polar surface area (TPSA) is 96.1 Å². The fourth-order valence-corrected chi connectivity index (χ4v) is 2.00.